The number of hydrogen-bond acceptors (Lipinski definition) is 5. The van der Waals surface area contributed by atoms with Gasteiger partial charge in [0, 0.05) is 12.1 Å². The summed E-state index contributed by atoms with van der Waals surface area (Å²) in [5, 5.41) is 14.1. The minimum Gasteiger partial charge on any atom is -0.321 e. The number of likely N-dealkylation sites (tertiary alicyclic amines) is 1. The van der Waals surface area contributed by atoms with Crippen molar-refractivity contribution in [2.45, 2.75) is 77.8 Å². The van der Waals surface area contributed by atoms with Gasteiger partial charge in [-0.1, -0.05) is 37.8 Å². The standard InChI is InChI=1S/C25H34N6O/c1-16-8-7-11-30(15-16)23(24-27-28-29-31(24)20-9-5-4-6-10-20)21-14-19-13-17(2)12-18(3)22(19)26-25(21)32/h12-14,16,20,23H,4-11,15H2,1-3H3,(H,26,32)/t16-,23-/m1/s1. The number of hydrogen-bond donors (Lipinski definition) is 1. The van der Waals surface area contributed by atoms with Crippen LogP contribution in [0.15, 0.2) is 23.0 Å². The van der Waals surface area contributed by atoms with Crippen molar-refractivity contribution in [2.75, 3.05) is 13.1 Å². The first kappa shape index (κ1) is 21.3. The minimum absolute atomic E-state index is 0.0362. The van der Waals surface area contributed by atoms with Crippen LogP contribution in [-0.2, 0) is 0 Å². The molecule has 7 heteroatoms. The number of piperidine rings is 1. The first-order valence-electron chi connectivity index (χ1n) is 12.2. The van der Waals surface area contributed by atoms with Crippen molar-refractivity contribution < 1.29 is 0 Å². The molecule has 7 nitrogen and oxygen atoms in total. The number of nitrogens with zero attached hydrogens (tertiary/aromatic N) is 5. The second-order valence-corrected chi connectivity index (χ2v) is 10.0. The summed E-state index contributed by atoms with van der Waals surface area (Å²) in [6.45, 7) is 8.36. The lowest BCUT2D eigenvalue weighted by Gasteiger charge is -2.37. The summed E-state index contributed by atoms with van der Waals surface area (Å²) in [5.74, 6) is 1.41. The number of nitrogens with one attached hydrogen (secondary N) is 1. The van der Waals surface area contributed by atoms with E-state index < -0.39 is 0 Å². The molecule has 3 heterocycles. The maximum Gasteiger partial charge on any atom is 0.253 e. The molecule has 0 spiro atoms. The van der Waals surface area contributed by atoms with Gasteiger partial charge in [-0.05, 0) is 85.5 Å². The third-order valence-corrected chi connectivity index (χ3v) is 7.35. The van der Waals surface area contributed by atoms with Crippen molar-refractivity contribution in [2.24, 2.45) is 5.92 Å². The van der Waals surface area contributed by atoms with Gasteiger partial charge in [-0.2, -0.15) is 0 Å². The van der Waals surface area contributed by atoms with Crippen LogP contribution in [0.5, 0.6) is 0 Å². The number of fused-ring (bicyclic) bond motifs is 1. The lowest BCUT2D eigenvalue weighted by atomic mass is 9.93. The summed E-state index contributed by atoms with van der Waals surface area (Å²) in [6, 6.07) is 6.44. The lowest BCUT2D eigenvalue weighted by Crippen LogP contribution is -2.41. The predicted molar refractivity (Wildman–Crippen MR) is 126 cm³/mol. The number of aryl methyl sites for hydroxylation is 2. The molecule has 1 saturated heterocycles. The first-order valence-corrected chi connectivity index (χ1v) is 12.2. The Balaban J connectivity index is 1.66. The highest BCUT2D eigenvalue weighted by Crippen LogP contribution is 2.35. The summed E-state index contributed by atoms with van der Waals surface area (Å²) >= 11 is 0. The molecule has 1 aliphatic heterocycles. The Hall–Kier alpha value is -2.54. The molecule has 1 saturated carbocycles. The highest BCUT2D eigenvalue weighted by Gasteiger charge is 2.34. The van der Waals surface area contributed by atoms with Gasteiger partial charge in [0.2, 0.25) is 0 Å². The fraction of sp³-hybridized carbons (Fsp3) is 0.600. The van der Waals surface area contributed by atoms with Gasteiger partial charge in [0.1, 0.15) is 6.04 Å². The Labute approximate surface area is 189 Å². The number of benzene rings is 1. The summed E-state index contributed by atoms with van der Waals surface area (Å²) in [6.07, 6.45) is 8.27. The Morgan fingerprint density at radius 2 is 1.88 bits per heavy atom. The Bertz CT molecular complexity index is 1160. The minimum atomic E-state index is -0.233. The van der Waals surface area contributed by atoms with E-state index in [4.69, 9.17) is 0 Å². The summed E-state index contributed by atoms with van der Waals surface area (Å²) in [5.41, 5.74) is 3.93. The largest absolute Gasteiger partial charge is 0.321 e. The molecule has 1 aliphatic carbocycles. The maximum absolute atomic E-state index is 13.5. The van der Waals surface area contributed by atoms with E-state index in [0.717, 1.165) is 60.2 Å². The van der Waals surface area contributed by atoms with E-state index in [1.807, 2.05) is 4.68 Å². The van der Waals surface area contributed by atoms with Gasteiger partial charge in [0.05, 0.1) is 11.6 Å². The zero-order chi connectivity index (χ0) is 22.2. The van der Waals surface area contributed by atoms with Gasteiger partial charge < -0.3 is 4.98 Å². The molecule has 2 atom stereocenters. The molecule has 2 aromatic heterocycles. The molecule has 3 aromatic rings. The molecular formula is C25H34N6O. The van der Waals surface area contributed by atoms with Crippen LogP contribution in [0.4, 0.5) is 0 Å². The van der Waals surface area contributed by atoms with Crippen molar-refractivity contribution in [3.63, 3.8) is 0 Å². The first-order chi connectivity index (χ1) is 15.5. The molecule has 1 N–H and O–H groups in total. The molecule has 170 valence electrons. The van der Waals surface area contributed by atoms with E-state index in [2.05, 4.69) is 64.4 Å². The smallest absolute Gasteiger partial charge is 0.253 e. The van der Waals surface area contributed by atoms with E-state index in [-0.39, 0.29) is 11.6 Å². The van der Waals surface area contributed by atoms with Crippen molar-refractivity contribution in [1.29, 1.82) is 0 Å². The number of H-pyrrole nitrogens is 1. The molecule has 5 rings (SSSR count). The molecular weight excluding hydrogens is 400 g/mol. The Morgan fingerprint density at radius 1 is 1.06 bits per heavy atom. The Morgan fingerprint density at radius 3 is 2.66 bits per heavy atom. The van der Waals surface area contributed by atoms with E-state index in [0.29, 0.717) is 12.0 Å². The van der Waals surface area contributed by atoms with Crippen LogP contribution in [0.2, 0.25) is 0 Å². The van der Waals surface area contributed by atoms with Crippen molar-refractivity contribution in [1.82, 2.24) is 30.1 Å². The number of rotatable bonds is 4. The van der Waals surface area contributed by atoms with Crippen LogP contribution in [-0.4, -0.2) is 43.2 Å². The monoisotopic (exact) mass is 434 g/mol. The van der Waals surface area contributed by atoms with Crippen molar-refractivity contribution >= 4 is 10.9 Å². The van der Waals surface area contributed by atoms with Gasteiger partial charge in [-0.15, -0.1) is 5.10 Å². The zero-order valence-electron chi connectivity index (χ0n) is 19.5. The van der Waals surface area contributed by atoms with Crippen LogP contribution < -0.4 is 5.56 Å². The van der Waals surface area contributed by atoms with Gasteiger partial charge in [0.25, 0.3) is 5.56 Å². The van der Waals surface area contributed by atoms with Crippen LogP contribution in [0.3, 0.4) is 0 Å². The van der Waals surface area contributed by atoms with Crippen molar-refractivity contribution in [3.8, 4) is 0 Å². The number of aromatic amines is 1. The van der Waals surface area contributed by atoms with Crippen LogP contribution in [0, 0.1) is 19.8 Å². The Kier molecular flexibility index (Phi) is 5.84. The second-order valence-electron chi connectivity index (χ2n) is 10.0. The van der Waals surface area contributed by atoms with E-state index in [9.17, 15) is 4.79 Å². The van der Waals surface area contributed by atoms with Crippen molar-refractivity contribution in [3.05, 3.63) is 51.1 Å². The van der Waals surface area contributed by atoms with Gasteiger partial charge in [-0.3, -0.25) is 9.69 Å². The van der Waals surface area contributed by atoms with Gasteiger partial charge in [-0.25, -0.2) is 4.68 Å². The number of tetrazole rings is 1. The average molecular weight is 435 g/mol. The predicted octanol–water partition coefficient (Wildman–Crippen LogP) is 4.46. The van der Waals surface area contributed by atoms with Crippen LogP contribution >= 0.6 is 0 Å². The molecule has 2 fully saturated rings. The summed E-state index contributed by atoms with van der Waals surface area (Å²) in [4.78, 5) is 19.1. The SMILES string of the molecule is Cc1cc(C)c2[nH]c(=O)c([C@H](c3nnnn3C3CCCCC3)N3CCC[C@@H](C)C3)cc2c1. The summed E-state index contributed by atoms with van der Waals surface area (Å²) in [7, 11) is 0. The molecule has 1 aromatic carbocycles. The fourth-order valence-electron chi connectivity index (χ4n) is 5.83. The molecule has 0 radical (unpaired) electrons. The van der Waals surface area contributed by atoms with Crippen LogP contribution in [0.25, 0.3) is 10.9 Å². The molecule has 0 amide bonds. The third-order valence-electron chi connectivity index (χ3n) is 7.35. The highest BCUT2D eigenvalue weighted by molar-refractivity contribution is 5.83. The third kappa shape index (κ3) is 3.98. The summed E-state index contributed by atoms with van der Waals surface area (Å²) < 4.78 is 2.04. The average Bonchev–Trinajstić information content (AvgIpc) is 3.25. The molecule has 2 aliphatic rings. The fourth-order valence-corrected chi connectivity index (χ4v) is 5.83. The van der Waals surface area contributed by atoms with E-state index in [1.54, 1.807) is 0 Å². The van der Waals surface area contributed by atoms with E-state index in [1.165, 1.54) is 31.2 Å². The normalized spacial score (nSPS) is 21.8. The molecule has 0 unspecified atom stereocenters. The lowest BCUT2D eigenvalue weighted by molar-refractivity contribution is 0.138. The van der Waals surface area contributed by atoms with Gasteiger partial charge >= 0.3 is 0 Å². The molecule has 0 bridgehead atoms. The quantitative estimate of drug-likeness (QED) is 0.656. The second kappa shape index (κ2) is 8.77. The van der Waals surface area contributed by atoms with Crippen LogP contribution in [0.1, 0.15) is 86.5 Å². The van der Waals surface area contributed by atoms with Gasteiger partial charge in [0.15, 0.2) is 5.82 Å². The topological polar surface area (TPSA) is 79.7 Å². The zero-order valence-corrected chi connectivity index (χ0v) is 19.5. The number of pyridine rings is 1. The maximum atomic E-state index is 13.5. The number of aromatic nitrogens is 5. The molecule has 32 heavy (non-hydrogen) atoms. The van der Waals surface area contributed by atoms with E-state index >= 15 is 0 Å². The highest BCUT2D eigenvalue weighted by atomic mass is 16.1.